The molecule has 6 nitrogen and oxygen atoms in total. The van der Waals surface area contributed by atoms with Gasteiger partial charge in [0.1, 0.15) is 11.6 Å². The summed E-state index contributed by atoms with van der Waals surface area (Å²) in [7, 11) is 1.60. The highest BCUT2D eigenvalue weighted by Crippen LogP contribution is 2.25. The molecule has 1 aromatic carbocycles. The van der Waals surface area contributed by atoms with E-state index in [0.717, 1.165) is 30.0 Å². The van der Waals surface area contributed by atoms with Crippen LogP contribution in [-0.2, 0) is 9.53 Å². The fourth-order valence-corrected chi connectivity index (χ4v) is 3.08. The molecule has 2 aromatic rings. The van der Waals surface area contributed by atoms with Gasteiger partial charge in [-0.25, -0.2) is 8.78 Å². The summed E-state index contributed by atoms with van der Waals surface area (Å²) in [6, 6.07) is 2.88. The lowest BCUT2D eigenvalue weighted by atomic mass is 10.3. The first-order chi connectivity index (χ1) is 11.1. The van der Waals surface area contributed by atoms with Crippen LogP contribution in [0, 0.1) is 11.6 Å². The molecular weight excluding hydrogens is 346 g/mol. The third-order valence-corrected chi connectivity index (χ3v) is 4.53. The highest BCUT2D eigenvalue weighted by Gasteiger charge is 2.11. The minimum Gasteiger partial charge on any atom is -0.383 e. The van der Waals surface area contributed by atoms with Crippen molar-refractivity contribution in [1.29, 1.82) is 0 Å². The molecule has 2 N–H and O–H groups in total. The SMILES string of the molecule is COCCNc1nnc(SCC(=O)Nc2cc(F)ccc2F)s1. The van der Waals surface area contributed by atoms with Gasteiger partial charge in [-0.15, -0.1) is 10.2 Å². The van der Waals surface area contributed by atoms with Gasteiger partial charge in [-0.1, -0.05) is 23.1 Å². The number of amides is 1. The van der Waals surface area contributed by atoms with E-state index < -0.39 is 17.5 Å². The number of aromatic nitrogens is 2. The van der Waals surface area contributed by atoms with Crippen LogP contribution in [0.3, 0.4) is 0 Å². The standard InChI is InChI=1S/C13H14F2N4O2S2/c1-21-5-4-16-12-18-19-13(23-12)22-7-11(20)17-10-6-8(14)2-3-9(10)15/h2-3,6H,4-5,7H2,1H3,(H,16,18)(H,17,20). The molecule has 0 fully saturated rings. The van der Waals surface area contributed by atoms with Crippen LogP contribution in [0.1, 0.15) is 0 Å². The van der Waals surface area contributed by atoms with E-state index in [1.54, 1.807) is 7.11 Å². The van der Waals surface area contributed by atoms with Gasteiger partial charge in [0.15, 0.2) is 4.34 Å². The van der Waals surface area contributed by atoms with Gasteiger partial charge in [-0.3, -0.25) is 4.79 Å². The smallest absolute Gasteiger partial charge is 0.234 e. The van der Waals surface area contributed by atoms with Crippen LogP contribution in [0.25, 0.3) is 0 Å². The van der Waals surface area contributed by atoms with Crippen LogP contribution in [0.15, 0.2) is 22.5 Å². The monoisotopic (exact) mass is 360 g/mol. The van der Waals surface area contributed by atoms with Gasteiger partial charge in [-0.2, -0.15) is 0 Å². The van der Waals surface area contributed by atoms with Gasteiger partial charge in [0, 0.05) is 19.7 Å². The molecule has 0 aliphatic carbocycles. The van der Waals surface area contributed by atoms with Gasteiger partial charge < -0.3 is 15.4 Å². The number of nitrogens with one attached hydrogen (secondary N) is 2. The molecule has 0 spiro atoms. The molecule has 10 heteroatoms. The number of methoxy groups -OCH3 is 1. The first kappa shape index (κ1) is 17.6. The number of carbonyl (C=O) groups is 1. The van der Waals surface area contributed by atoms with Crippen molar-refractivity contribution in [2.24, 2.45) is 0 Å². The number of halogens is 2. The molecule has 0 unspecified atom stereocenters. The highest BCUT2D eigenvalue weighted by atomic mass is 32.2. The zero-order valence-corrected chi connectivity index (χ0v) is 13.8. The second-order valence-corrected chi connectivity index (χ2v) is 6.45. The molecule has 0 atom stereocenters. The Bertz CT molecular complexity index is 669. The van der Waals surface area contributed by atoms with E-state index >= 15 is 0 Å². The van der Waals surface area contributed by atoms with Crippen molar-refractivity contribution in [2.75, 3.05) is 36.6 Å². The van der Waals surface area contributed by atoms with Gasteiger partial charge in [0.05, 0.1) is 18.0 Å². The first-order valence-corrected chi connectivity index (χ1v) is 8.32. The molecule has 1 heterocycles. The Kier molecular flexibility index (Phi) is 6.68. The van der Waals surface area contributed by atoms with Gasteiger partial charge >= 0.3 is 0 Å². The van der Waals surface area contributed by atoms with Gasteiger partial charge in [0.2, 0.25) is 11.0 Å². The Morgan fingerprint density at radius 1 is 1.39 bits per heavy atom. The summed E-state index contributed by atoms with van der Waals surface area (Å²) in [6.45, 7) is 1.15. The van der Waals surface area contributed by atoms with Crippen LogP contribution >= 0.6 is 23.1 Å². The largest absolute Gasteiger partial charge is 0.383 e. The Labute approximate surface area is 139 Å². The number of rotatable bonds is 8. The first-order valence-electron chi connectivity index (χ1n) is 6.52. The molecule has 0 saturated heterocycles. The lowest BCUT2D eigenvalue weighted by Gasteiger charge is -2.05. The second kappa shape index (κ2) is 8.75. The summed E-state index contributed by atoms with van der Waals surface area (Å²) in [5, 5.41) is 13.8. The second-order valence-electron chi connectivity index (χ2n) is 4.25. The average molecular weight is 360 g/mol. The molecule has 1 aromatic heterocycles. The van der Waals surface area contributed by atoms with E-state index in [2.05, 4.69) is 20.8 Å². The summed E-state index contributed by atoms with van der Waals surface area (Å²) in [6.07, 6.45) is 0. The summed E-state index contributed by atoms with van der Waals surface area (Å²) < 4.78 is 31.9. The van der Waals surface area contributed by atoms with Crippen LogP contribution < -0.4 is 10.6 Å². The number of ether oxygens (including phenoxy) is 1. The zero-order chi connectivity index (χ0) is 16.7. The lowest BCUT2D eigenvalue weighted by Crippen LogP contribution is -2.15. The summed E-state index contributed by atoms with van der Waals surface area (Å²) in [5.74, 6) is -1.75. The fraction of sp³-hybridized carbons (Fsp3) is 0.308. The van der Waals surface area contributed by atoms with E-state index in [-0.39, 0.29) is 11.4 Å². The quantitative estimate of drug-likeness (QED) is 0.557. The predicted molar refractivity (Wildman–Crippen MR) is 86.0 cm³/mol. The van der Waals surface area contributed by atoms with Crippen molar-refractivity contribution in [2.45, 2.75) is 4.34 Å². The molecule has 0 saturated carbocycles. The van der Waals surface area contributed by atoms with Gasteiger partial charge in [-0.05, 0) is 12.1 Å². The Hall–Kier alpha value is -1.78. The van der Waals surface area contributed by atoms with Crippen LogP contribution in [0.5, 0.6) is 0 Å². The lowest BCUT2D eigenvalue weighted by molar-refractivity contribution is -0.113. The maximum atomic E-state index is 13.4. The summed E-state index contributed by atoms with van der Waals surface area (Å²) >= 11 is 2.46. The van der Waals surface area contributed by atoms with E-state index in [1.807, 2.05) is 0 Å². The average Bonchev–Trinajstić information content (AvgIpc) is 2.97. The van der Waals surface area contributed by atoms with Crippen molar-refractivity contribution in [1.82, 2.24) is 10.2 Å². The minimum absolute atomic E-state index is 0.0165. The van der Waals surface area contributed by atoms with Crippen LogP contribution in [-0.4, -0.2) is 42.1 Å². The molecule has 2 rings (SSSR count). The van der Waals surface area contributed by atoms with Gasteiger partial charge in [0.25, 0.3) is 0 Å². The number of carbonyl (C=O) groups excluding carboxylic acids is 1. The Balaban J connectivity index is 1.81. The Morgan fingerprint density at radius 2 is 2.22 bits per heavy atom. The van der Waals surface area contributed by atoms with Crippen LogP contribution in [0.4, 0.5) is 19.6 Å². The number of nitrogens with zero attached hydrogens (tertiary/aromatic N) is 2. The normalized spacial score (nSPS) is 10.6. The maximum absolute atomic E-state index is 13.4. The molecule has 0 aliphatic rings. The number of thioether (sulfide) groups is 1. The predicted octanol–water partition coefficient (Wildman–Crippen LogP) is 2.61. The van der Waals surface area contributed by atoms with E-state index in [4.69, 9.17) is 4.74 Å². The van der Waals surface area contributed by atoms with Crippen molar-refractivity contribution >= 4 is 39.8 Å². The van der Waals surface area contributed by atoms with Crippen molar-refractivity contribution in [3.63, 3.8) is 0 Å². The maximum Gasteiger partial charge on any atom is 0.234 e. The number of hydrogen-bond donors (Lipinski definition) is 2. The topological polar surface area (TPSA) is 76.1 Å². The molecule has 0 radical (unpaired) electrons. The fourth-order valence-electron chi connectivity index (χ4n) is 1.51. The van der Waals surface area contributed by atoms with E-state index in [9.17, 15) is 13.6 Å². The summed E-state index contributed by atoms with van der Waals surface area (Å²) in [5.41, 5.74) is -0.185. The molecule has 124 valence electrons. The molecule has 1 amide bonds. The molecule has 0 aliphatic heterocycles. The number of benzene rings is 1. The third kappa shape index (κ3) is 5.73. The number of hydrogen-bond acceptors (Lipinski definition) is 7. The third-order valence-electron chi connectivity index (χ3n) is 2.52. The molecular formula is C13H14F2N4O2S2. The van der Waals surface area contributed by atoms with Crippen molar-refractivity contribution in [3.8, 4) is 0 Å². The number of anilines is 2. The van der Waals surface area contributed by atoms with E-state index in [1.165, 1.54) is 11.3 Å². The zero-order valence-electron chi connectivity index (χ0n) is 12.1. The van der Waals surface area contributed by atoms with Crippen LogP contribution in [0.2, 0.25) is 0 Å². The molecule has 23 heavy (non-hydrogen) atoms. The summed E-state index contributed by atoms with van der Waals surface area (Å²) in [4.78, 5) is 11.8. The van der Waals surface area contributed by atoms with E-state index in [0.29, 0.717) is 22.6 Å². The minimum atomic E-state index is -0.690. The van der Waals surface area contributed by atoms with Crippen molar-refractivity contribution < 1.29 is 18.3 Å². The highest BCUT2D eigenvalue weighted by molar-refractivity contribution is 8.01. The Morgan fingerprint density at radius 3 is 3.00 bits per heavy atom. The van der Waals surface area contributed by atoms with Crippen molar-refractivity contribution in [3.05, 3.63) is 29.8 Å². The molecule has 0 bridgehead atoms.